The summed E-state index contributed by atoms with van der Waals surface area (Å²) in [6, 6.07) is 10.3. The largest absolute Gasteiger partial charge is 0.444 e. The Kier molecular flexibility index (Phi) is 10.2. The quantitative estimate of drug-likeness (QED) is 0.324. The molecule has 0 saturated carbocycles. The minimum Gasteiger partial charge on any atom is -0.444 e. The summed E-state index contributed by atoms with van der Waals surface area (Å²) in [7, 11) is -0.219. The highest BCUT2D eigenvalue weighted by molar-refractivity contribution is 6.74. The molecule has 0 saturated heterocycles. The number of aliphatic hydroxyl groups is 1. The predicted octanol–water partition coefficient (Wildman–Crippen LogP) is 6.54. The van der Waals surface area contributed by atoms with Crippen LogP contribution >= 0.6 is 0 Å². The molecule has 1 amide bonds. The first kappa shape index (κ1) is 27.7. The van der Waals surface area contributed by atoms with Gasteiger partial charge in [-0.3, -0.25) is 0 Å². The Morgan fingerprint density at radius 3 is 2.13 bits per heavy atom. The molecule has 31 heavy (non-hydrogen) atoms. The fourth-order valence-electron chi connectivity index (χ4n) is 3.14. The lowest BCUT2D eigenvalue weighted by molar-refractivity contribution is 0.0157. The summed E-state index contributed by atoms with van der Waals surface area (Å²) in [5.41, 5.74) is 0.592. The molecule has 2 atom stereocenters. The van der Waals surface area contributed by atoms with Crippen molar-refractivity contribution in [1.29, 1.82) is 0 Å². The lowest BCUT2D eigenvalue weighted by atomic mass is 9.97. The van der Waals surface area contributed by atoms with Crippen molar-refractivity contribution in [2.24, 2.45) is 0 Å². The summed E-state index contributed by atoms with van der Waals surface area (Å²) < 4.78 is 12.5. The van der Waals surface area contributed by atoms with Crippen LogP contribution in [0.4, 0.5) is 4.79 Å². The van der Waals surface area contributed by atoms with Gasteiger partial charge < -0.3 is 19.2 Å². The maximum absolute atomic E-state index is 12.8. The number of carbonyl (C=O) groups excluding carboxylic acids is 1. The zero-order valence-electron chi connectivity index (χ0n) is 21.2. The normalized spacial score (nSPS) is 14.8. The van der Waals surface area contributed by atoms with Crippen molar-refractivity contribution < 1.29 is 19.1 Å². The van der Waals surface area contributed by atoms with E-state index in [0.717, 1.165) is 24.8 Å². The summed E-state index contributed by atoms with van der Waals surface area (Å²) in [6.45, 7) is 17.1. The number of hydrogen-bond acceptors (Lipinski definition) is 4. The van der Waals surface area contributed by atoms with E-state index in [2.05, 4.69) is 46.0 Å². The SMILES string of the molecule is CN(C(=O)OC(C)(C)C)[C@@H](CCCCO)C[C@@H](O[Si](C)(C)C(C)(C)C)c1ccccc1. The van der Waals surface area contributed by atoms with Gasteiger partial charge in [-0.2, -0.15) is 0 Å². The van der Waals surface area contributed by atoms with Crippen molar-refractivity contribution in [2.45, 2.75) is 103 Å². The van der Waals surface area contributed by atoms with Crippen LogP contribution in [0.1, 0.15) is 78.9 Å². The second kappa shape index (κ2) is 11.5. The summed E-state index contributed by atoms with van der Waals surface area (Å²) in [5, 5.41) is 9.34. The van der Waals surface area contributed by atoms with Gasteiger partial charge in [0, 0.05) is 19.7 Å². The van der Waals surface area contributed by atoms with Crippen molar-refractivity contribution in [3.05, 3.63) is 35.9 Å². The Balaban J connectivity index is 3.18. The Hall–Kier alpha value is -1.37. The van der Waals surface area contributed by atoms with Gasteiger partial charge in [0.05, 0.1) is 6.10 Å². The molecular weight excluding hydrogens is 406 g/mol. The summed E-state index contributed by atoms with van der Waals surface area (Å²) >= 11 is 0. The molecule has 5 nitrogen and oxygen atoms in total. The third-order valence-electron chi connectivity index (χ3n) is 6.08. The molecule has 0 bridgehead atoms. The molecular formula is C25H45NO4Si. The average molecular weight is 452 g/mol. The number of aliphatic hydroxyl groups excluding tert-OH is 1. The number of benzene rings is 1. The monoisotopic (exact) mass is 451 g/mol. The zero-order chi connectivity index (χ0) is 23.9. The predicted molar refractivity (Wildman–Crippen MR) is 131 cm³/mol. The molecule has 0 heterocycles. The number of rotatable bonds is 10. The highest BCUT2D eigenvalue weighted by Gasteiger charge is 2.40. The van der Waals surface area contributed by atoms with Crippen LogP contribution in [0.25, 0.3) is 0 Å². The van der Waals surface area contributed by atoms with E-state index < -0.39 is 13.9 Å². The van der Waals surface area contributed by atoms with Crippen LogP contribution in [0.2, 0.25) is 18.1 Å². The smallest absolute Gasteiger partial charge is 0.410 e. The van der Waals surface area contributed by atoms with Gasteiger partial charge in [-0.05, 0) is 70.2 Å². The molecule has 178 valence electrons. The fraction of sp³-hybridized carbons (Fsp3) is 0.720. The maximum Gasteiger partial charge on any atom is 0.410 e. The molecule has 1 N–H and O–H groups in total. The average Bonchev–Trinajstić information content (AvgIpc) is 2.64. The highest BCUT2D eigenvalue weighted by atomic mass is 28.4. The van der Waals surface area contributed by atoms with Crippen molar-refractivity contribution in [3.63, 3.8) is 0 Å². The molecule has 0 radical (unpaired) electrons. The lowest BCUT2D eigenvalue weighted by Crippen LogP contribution is -2.45. The lowest BCUT2D eigenvalue weighted by Gasteiger charge is -2.41. The third-order valence-corrected chi connectivity index (χ3v) is 10.6. The van der Waals surface area contributed by atoms with Gasteiger partial charge in [-0.25, -0.2) is 4.79 Å². The first-order chi connectivity index (χ1) is 14.2. The van der Waals surface area contributed by atoms with Gasteiger partial charge in [0.15, 0.2) is 8.32 Å². The van der Waals surface area contributed by atoms with Gasteiger partial charge in [-0.1, -0.05) is 51.1 Å². The Labute approximate surface area is 191 Å². The van der Waals surface area contributed by atoms with Crippen LogP contribution in [0.5, 0.6) is 0 Å². The van der Waals surface area contributed by atoms with Crippen LogP contribution in [-0.2, 0) is 9.16 Å². The van der Waals surface area contributed by atoms with E-state index in [-0.39, 0.29) is 29.9 Å². The standard InChI is InChI=1S/C25H45NO4Si/c1-24(2,3)29-23(28)26(7)21(17-13-14-18-27)19-22(20-15-11-10-12-16-20)30-31(8,9)25(4,5)6/h10-12,15-16,21-22,27H,13-14,17-19H2,1-9H3/t21-,22+/m0/s1. The third kappa shape index (κ3) is 9.34. The van der Waals surface area contributed by atoms with Gasteiger partial charge >= 0.3 is 6.09 Å². The first-order valence-corrected chi connectivity index (χ1v) is 14.4. The van der Waals surface area contributed by atoms with Gasteiger partial charge in [-0.15, -0.1) is 0 Å². The number of amides is 1. The molecule has 1 aromatic rings. The van der Waals surface area contributed by atoms with Crippen molar-refractivity contribution >= 4 is 14.4 Å². The molecule has 1 aromatic carbocycles. The molecule has 0 aromatic heterocycles. The fourth-order valence-corrected chi connectivity index (χ4v) is 4.44. The second-order valence-corrected chi connectivity index (χ2v) is 15.7. The van der Waals surface area contributed by atoms with Crippen LogP contribution in [0, 0.1) is 0 Å². The van der Waals surface area contributed by atoms with Crippen LogP contribution < -0.4 is 0 Å². The topological polar surface area (TPSA) is 59.0 Å². The molecule has 0 unspecified atom stereocenters. The van der Waals surface area contributed by atoms with Gasteiger partial charge in [0.25, 0.3) is 0 Å². The molecule has 0 aliphatic rings. The van der Waals surface area contributed by atoms with Crippen LogP contribution in [-0.4, -0.2) is 49.7 Å². The number of unbranched alkanes of at least 4 members (excludes halogenated alkanes) is 1. The van der Waals surface area contributed by atoms with E-state index in [1.807, 2.05) is 46.0 Å². The minimum absolute atomic E-state index is 0.0450. The molecule has 1 rings (SSSR count). The molecule has 0 aliphatic carbocycles. The Bertz CT molecular complexity index is 664. The number of hydrogen-bond donors (Lipinski definition) is 1. The van der Waals surface area contributed by atoms with Gasteiger partial charge in [0.1, 0.15) is 5.60 Å². The van der Waals surface area contributed by atoms with E-state index in [9.17, 15) is 9.90 Å². The molecule has 0 fully saturated rings. The first-order valence-electron chi connectivity index (χ1n) is 11.5. The second-order valence-electron chi connectivity index (χ2n) is 11.0. The van der Waals surface area contributed by atoms with Crippen LogP contribution in [0.15, 0.2) is 30.3 Å². The number of ether oxygens (including phenoxy) is 1. The number of carbonyl (C=O) groups is 1. The van der Waals surface area contributed by atoms with E-state index in [1.54, 1.807) is 4.90 Å². The van der Waals surface area contributed by atoms with Crippen molar-refractivity contribution in [3.8, 4) is 0 Å². The Morgan fingerprint density at radius 2 is 1.65 bits per heavy atom. The summed E-state index contributed by atoms with van der Waals surface area (Å²) in [6.07, 6.45) is 2.62. The molecule has 0 aliphatic heterocycles. The van der Waals surface area contributed by atoms with Crippen molar-refractivity contribution in [1.82, 2.24) is 4.90 Å². The van der Waals surface area contributed by atoms with E-state index >= 15 is 0 Å². The number of nitrogens with zero attached hydrogens (tertiary/aromatic N) is 1. The molecule has 0 spiro atoms. The summed E-state index contributed by atoms with van der Waals surface area (Å²) in [5.74, 6) is 0. The summed E-state index contributed by atoms with van der Waals surface area (Å²) in [4.78, 5) is 14.5. The minimum atomic E-state index is -2.03. The van der Waals surface area contributed by atoms with E-state index in [0.29, 0.717) is 6.42 Å². The highest BCUT2D eigenvalue weighted by Crippen LogP contribution is 2.41. The Morgan fingerprint density at radius 1 is 1.06 bits per heavy atom. The molecule has 6 heteroatoms. The maximum atomic E-state index is 12.8. The van der Waals surface area contributed by atoms with Crippen LogP contribution in [0.3, 0.4) is 0 Å². The van der Waals surface area contributed by atoms with Gasteiger partial charge in [0.2, 0.25) is 0 Å². The zero-order valence-corrected chi connectivity index (χ0v) is 22.2. The van der Waals surface area contributed by atoms with Crippen molar-refractivity contribution in [2.75, 3.05) is 13.7 Å². The van der Waals surface area contributed by atoms with E-state index in [1.165, 1.54) is 0 Å². The van der Waals surface area contributed by atoms with E-state index in [4.69, 9.17) is 9.16 Å².